The zero-order chi connectivity index (χ0) is 19.6. The number of amides is 1. The number of anilines is 2. The Balaban J connectivity index is 1.83. The highest BCUT2D eigenvalue weighted by atomic mass is 19.4. The molecule has 138 valence electrons. The second kappa shape index (κ2) is 6.98. The molecule has 0 bridgehead atoms. The van der Waals surface area contributed by atoms with E-state index in [1.165, 1.54) is 30.5 Å². The standard InChI is InChI=1S/C17H11F4N5O/c18-15-4-2-10(6-25-15)9-1-3-11(22)12(5-9)26-16(27)13-7-24-14(8-23-13)17(19,20)21/h1-8H,22H2,(H,26,27). The van der Waals surface area contributed by atoms with Crippen LogP contribution >= 0.6 is 0 Å². The van der Waals surface area contributed by atoms with Crippen molar-refractivity contribution < 1.29 is 22.4 Å². The lowest BCUT2D eigenvalue weighted by Crippen LogP contribution is -2.17. The van der Waals surface area contributed by atoms with Gasteiger partial charge in [-0.25, -0.2) is 15.0 Å². The maximum absolute atomic E-state index is 12.9. The maximum atomic E-state index is 12.9. The molecule has 0 unspecified atom stereocenters. The molecule has 0 aliphatic rings. The molecule has 2 heterocycles. The summed E-state index contributed by atoms with van der Waals surface area (Å²) in [5.74, 6) is -1.42. The Morgan fingerprint density at radius 1 is 0.963 bits per heavy atom. The molecule has 0 atom stereocenters. The summed E-state index contributed by atoms with van der Waals surface area (Å²) in [5.41, 5.74) is 5.93. The molecule has 27 heavy (non-hydrogen) atoms. The van der Waals surface area contributed by atoms with Gasteiger partial charge in [-0.3, -0.25) is 4.79 Å². The van der Waals surface area contributed by atoms with Crippen molar-refractivity contribution in [3.05, 3.63) is 66.3 Å². The van der Waals surface area contributed by atoms with Crippen molar-refractivity contribution in [1.29, 1.82) is 0 Å². The normalized spacial score (nSPS) is 11.3. The number of hydrogen-bond acceptors (Lipinski definition) is 5. The van der Waals surface area contributed by atoms with Crippen LogP contribution in [0.5, 0.6) is 0 Å². The molecule has 6 nitrogen and oxygen atoms in total. The van der Waals surface area contributed by atoms with Crippen LogP contribution in [0, 0.1) is 5.95 Å². The quantitative estimate of drug-likeness (QED) is 0.414. The van der Waals surface area contributed by atoms with E-state index in [2.05, 4.69) is 20.3 Å². The Morgan fingerprint density at radius 2 is 1.70 bits per heavy atom. The van der Waals surface area contributed by atoms with Gasteiger partial charge in [-0.1, -0.05) is 6.07 Å². The van der Waals surface area contributed by atoms with Crippen molar-refractivity contribution >= 4 is 17.3 Å². The molecule has 0 aliphatic carbocycles. The van der Waals surface area contributed by atoms with E-state index in [1.54, 1.807) is 6.07 Å². The summed E-state index contributed by atoms with van der Waals surface area (Å²) in [5, 5.41) is 2.46. The van der Waals surface area contributed by atoms with Gasteiger partial charge in [-0.15, -0.1) is 0 Å². The fourth-order valence-electron chi connectivity index (χ4n) is 2.17. The highest BCUT2D eigenvalue weighted by Gasteiger charge is 2.33. The van der Waals surface area contributed by atoms with Crippen LogP contribution in [0.1, 0.15) is 16.2 Å². The topological polar surface area (TPSA) is 93.8 Å². The number of aromatic nitrogens is 3. The van der Waals surface area contributed by atoms with E-state index in [9.17, 15) is 22.4 Å². The number of nitrogens with one attached hydrogen (secondary N) is 1. The molecule has 1 aromatic carbocycles. The molecular formula is C17H11F4N5O. The molecule has 0 saturated carbocycles. The average molecular weight is 377 g/mol. The van der Waals surface area contributed by atoms with Gasteiger partial charge in [-0.05, 0) is 29.8 Å². The molecule has 0 saturated heterocycles. The minimum Gasteiger partial charge on any atom is -0.397 e. The lowest BCUT2D eigenvalue weighted by molar-refractivity contribution is -0.141. The third-order valence-corrected chi connectivity index (χ3v) is 3.54. The average Bonchev–Trinajstić information content (AvgIpc) is 2.63. The summed E-state index contributed by atoms with van der Waals surface area (Å²) in [4.78, 5) is 22.4. The number of carbonyl (C=O) groups excluding carboxylic acids is 1. The van der Waals surface area contributed by atoms with Crippen LogP contribution in [0.2, 0.25) is 0 Å². The summed E-state index contributed by atoms with van der Waals surface area (Å²) in [7, 11) is 0. The molecule has 2 aromatic heterocycles. The first-order valence-corrected chi connectivity index (χ1v) is 7.46. The number of hydrogen-bond donors (Lipinski definition) is 2. The van der Waals surface area contributed by atoms with Crippen molar-refractivity contribution in [3.63, 3.8) is 0 Å². The fraction of sp³-hybridized carbons (Fsp3) is 0.0588. The number of nitrogens with zero attached hydrogens (tertiary/aromatic N) is 3. The van der Waals surface area contributed by atoms with Crippen LogP contribution in [-0.4, -0.2) is 20.9 Å². The predicted molar refractivity (Wildman–Crippen MR) is 89.0 cm³/mol. The Labute approximate surface area is 150 Å². The van der Waals surface area contributed by atoms with E-state index < -0.39 is 23.7 Å². The second-order valence-electron chi connectivity index (χ2n) is 5.41. The van der Waals surface area contributed by atoms with E-state index in [-0.39, 0.29) is 17.1 Å². The number of alkyl halides is 3. The number of nitrogen functional groups attached to an aromatic ring is 1. The van der Waals surface area contributed by atoms with Gasteiger partial charge in [0.05, 0.1) is 23.8 Å². The fourth-order valence-corrected chi connectivity index (χ4v) is 2.17. The van der Waals surface area contributed by atoms with Crippen LogP contribution in [0.15, 0.2) is 48.9 Å². The molecule has 3 N–H and O–H groups in total. The minimum atomic E-state index is -4.65. The smallest absolute Gasteiger partial charge is 0.397 e. The van der Waals surface area contributed by atoms with Gasteiger partial charge in [0.1, 0.15) is 5.69 Å². The molecule has 0 spiro atoms. The van der Waals surface area contributed by atoms with Crippen molar-refractivity contribution in [1.82, 2.24) is 15.0 Å². The molecule has 1 amide bonds. The highest BCUT2D eigenvalue weighted by Crippen LogP contribution is 2.28. The lowest BCUT2D eigenvalue weighted by Gasteiger charge is -2.11. The SMILES string of the molecule is Nc1ccc(-c2ccc(F)nc2)cc1NC(=O)c1cnc(C(F)(F)F)cn1. The van der Waals surface area contributed by atoms with Crippen LogP contribution in [0.3, 0.4) is 0 Å². The third kappa shape index (κ3) is 4.17. The van der Waals surface area contributed by atoms with Crippen molar-refractivity contribution in [2.24, 2.45) is 0 Å². The first kappa shape index (κ1) is 18.2. The van der Waals surface area contributed by atoms with Gasteiger partial charge >= 0.3 is 6.18 Å². The van der Waals surface area contributed by atoms with Gasteiger partial charge in [0.25, 0.3) is 5.91 Å². The second-order valence-corrected chi connectivity index (χ2v) is 5.41. The van der Waals surface area contributed by atoms with Gasteiger partial charge in [0, 0.05) is 11.8 Å². The van der Waals surface area contributed by atoms with Crippen LogP contribution in [-0.2, 0) is 6.18 Å². The largest absolute Gasteiger partial charge is 0.434 e. The number of carbonyl (C=O) groups is 1. The third-order valence-electron chi connectivity index (χ3n) is 3.54. The molecule has 0 radical (unpaired) electrons. The number of benzene rings is 1. The van der Waals surface area contributed by atoms with Gasteiger partial charge in [0.2, 0.25) is 5.95 Å². The summed E-state index contributed by atoms with van der Waals surface area (Å²) < 4.78 is 50.4. The predicted octanol–water partition coefficient (Wildman–Crippen LogP) is 3.53. The summed E-state index contributed by atoms with van der Waals surface area (Å²) >= 11 is 0. The Kier molecular flexibility index (Phi) is 4.72. The number of rotatable bonds is 3. The number of nitrogens with two attached hydrogens (primary N) is 1. The molecular weight excluding hydrogens is 366 g/mol. The minimum absolute atomic E-state index is 0.212. The lowest BCUT2D eigenvalue weighted by atomic mass is 10.1. The van der Waals surface area contributed by atoms with Gasteiger partial charge in [0.15, 0.2) is 5.69 Å². The molecule has 3 aromatic rings. The van der Waals surface area contributed by atoms with E-state index in [0.29, 0.717) is 17.3 Å². The summed E-state index contributed by atoms with van der Waals surface area (Å²) in [6.45, 7) is 0. The Morgan fingerprint density at radius 3 is 2.30 bits per heavy atom. The van der Waals surface area contributed by atoms with Crippen LogP contribution in [0.25, 0.3) is 11.1 Å². The summed E-state index contributed by atoms with van der Waals surface area (Å²) in [6.07, 6.45) is -2.14. The Hall–Kier alpha value is -3.56. The zero-order valence-corrected chi connectivity index (χ0v) is 13.5. The first-order chi connectivity index (χ1) is 12.7. The van der Waals surface area contributed by atoms with Gasteiger partial charge in [-0.2, -0.15) is 17.6 Å². The van der Waals surface area contributed by atoms with Crippen molar-refractivity contribution in [3.8, 4) is 11.1 Å². The molecule has 3 rings (SSSR count). The maximum Gasteiger partial charge on any atom is 0.434 e. The monoisotopic (exact) mass is 377 g/mol. The first-order valence-electron chi connectivity index (χ1n) is 7.46. The van der Waals surface area contributed by atoms with Crippen LogP contribution in [0.4, 0.5) is 28.9 Å². The van der Waals surface area contributed by atoms with Crippen molar-refractivity contribution in [2.45, 2.75) is 6.18 Å². The number of halogens is 4. The number of pyridine rings is 1. The van der Waals surface area contributed by atoms with E-state index in [1.807, 2.05) is 0 Å². The van der Waals surface area contributed by atoms with E-state index in [4.69, 9.17) is 5.73 Å². The molecule has 0 fully saturated rings. The Bertz CT molecular complexity index is 972. The van der Waals surface area contributed by atoms with Crippen LogP contribution < -0.4 is 11.1 Å². The molecule has 10 heteroatoms. The molecule has 0 aliphatic heterocycles. The van der Waals surface area contributed by atoms with Gasteiger partial charge < -0.3 is 11.1 Å². The van der Waals surface area contributed by atoms with E-state index >= 15 is 0 Å². The van der Waals surface area contributed by atoms with E-state index in [0.717, 1.165) is 6.20 Å². The summed E-state index contributed by atoms with van der Waals surface area (Å²) in [6, 6.07) is 7.38. The van der Waals surface area contributed by atoms with Crippen molar-refractivity contribution in [2.75, 3.05) is 11.1 Å². The zero-order valence-electron chi connectivity index (χ0n) is 13.5. The highest BCUT2D eigenvalue weighted by molar-refractivity contribution is 6.04.